The number of ether oxygens (including phenoxy) is 4. The molecule has 0 bridgehead atoms. The summed E-state index contributed by atoms with van der Waals surface area (Å²) >= 11 is 29.0. The van der Waals surface area contributed by atoms with E-state index >= 15 is 0 Å². The van der Waals surface area contributed by atoms with E-state index in [0.717, 1.165) is 83.5 Å². The van der Waals surface area contributed by atoms with E-state index in [1.165, 1.54) is 29.8 Å². The summed E-state index contributed by atoms with van der Waals surface area (Å²) in [6.07, 6.45) is 17.3. The third-order valence-electron chi connectivity index (χ3n) is 18.1. The molecule has 0 radical (unpaired) electrons. The van der Waals surface area contributed by atoms with Crippen molar-refractivity contribution >= 4 is 166 Å². The first-order chi connectivity index (χ1) is 56.9. The van der Waals surface area contributed by atoms with E-state index in [9.17, 15) is 23.6 Å². The van der Waals surface area contributed by atoms with E-state index in [4.69, 9.17) is 99.6 Å². The fraction of sp³-hybridized carbons (Fsp3) is 0.301. The van der Waals surface area contributed by atoms with Gasteiger partial charge in [0, 0.05) is 189 Å². The van der Waals surface area contributed by atoms with E-state index in [1.54, 1.807) is 97.5 Å². The van der Waals surface area contributed by atoms with Crippen molar-refractivity contribution < 1.29 is 42.5 Å². The number of carbonyl (C=O) groups excluding carboxylic acids is 4. The van der Waals surface area contributed by atoms with Crippen LogP contribution in [0, 0.1) is 5.82 Å². The first kappa shape index (κ1) is 88.6. The highest BCUT2D eigenvalue weighted by Crippen LogP contribution is 2.34. The van der Waals surface area contributed by atoms with Crippen LogP contribution in [0.25, 0.3) is 64.5 Å². The van der Waals surface area contributed by atoms with Crippen LogP contribution in [0.1, 0.15) is 23.2 Å². The molecule has 4 aliphatic rings. The Bertz CT molecular complexity index is 5380. The number of hydrogen-bond acceptors (Lipinski definition) is 27. The number of azide groups is 2. The van der Waals surface area contributed by atoms with Gasteiger partial charge < -0.3 is 59.5 Å². The van der Waals surface area contributed by atoms with Crippen LogP contribution in [0.3, 0.4) is 0 Å². The fourth-order valence-corrected chi connectivity index (χ4v) is 13.1. The molecule has 0 saturated carbocycles. The summed E-state index contributed by atoms with van der Waals surface area (Å²) in [5, 5.41) is 33.7. The molecule has 614 valence electrons. The molecular formula is C73H82Cl5FN30O8. The zero-order chi connectivity index (χ0) is 83.8. The summed E-state index contributed by atoms with van der Waals surface area (Å²) in [6, 6.07) is 25.6. The van der Waals surface area contributed by atoms with Gasteiger partial charge in [0.25, 0.3) is 0 Å². The molecule has 44 heteroatoms. The maximum absolute atomic E-state index is 12.9. The van der Waals surface area contributed by atoms with Crippen molar-refractivity contribution in [3.8, 4) is 17.2 Å². The number of carbonyl (C=O) groups is 4. The van der Waals surface area contributed by atoms with Crippen molar-refractivity contribution in [1.82, 2.24) is 79.6 Å². The average Bonchev–Trinajstić information content (AvgIpc) is 1.74. The third-order valence-corrected chi connectivity index (χ3v) is 19.6. The number of alkyl halides is 1. The third kappa shape index (κ3) is 23.9. The molecule has 12 aromatic rings. The predicted octanol–water partition coefficient (Wildman–Crippen LogP) is 11.1. The number of H-pyrrole nitrogens is 2. The monoisotopic (exact) mass is 1700 g/mol. The van der Waals surface area contributed by atoms with Gasteiger partial charge in [0.2, 0.25) is 17.7 Å². The zero-order valence-electron chi connectivity index (χ0n) is 63.4. The number of aromatic nitrogens is 13. The number of hydrogen-bond donors (Lipinski definition) is 7. The number of hydrazine groups is 2. The second kappa shape index (κ2) is 45.1. The van der Waals surface area contributed by atoms with Gasteiger partial charge in [-0.1, -0.05) is 46.4 Å². The van der Waals surface area contributed by atoms with Crippen LogP contribution in [-0.2, 0) is 32.2 Å². The van der Waals surface area contributed by atoms with Crippen molar-refractivity contribution in [1.29, 1.82) is 0 Å². The van der Waals surface area contributed by atoms with Crippen LogP contribution in [0.15, 0.2) is 151 Å². The highest BCUT2D eigenvalue weighted by Gasteiger charge is 2.27. The van der Waals surface area contributed by atoms with E-state index in [2.05, 4.69) is 107 Å². The van der Waals surface area contributed by atoms with Gasteiger partial charge in [0.15, 0.2) is 34.7 Å². The molecule has 4 aliphatic heterocycles. The highest BCUT2D eigenvalue weighted by molar-refractivity contribution is 6.33. The van der Waals surface area contributed by atoms with E-state index in [0.29, 0.717) is 125 Å². The Hall–Kier alpha value is -12.4. The summed E-state index contributed by atoms with van der Waals surface area (Å²) in [5.41, 5.74) is 31.1. The first-order valence-electron chi connectivity index (χ1n) is 35.7. The average molecular weight is 1700 g/mol. The number of benzene rings is 3. The SMILES string of the molecule is C1CCOC1.COc1cc(N2CCN(C(=O)CCl)CC2)ccc1Cl.COc1cc(N2CCN(C(=O)Cn3ncc4ccnc(N)c43)CC2)ccc1Cl.COc1cc(N2CCN(C(=O)Cn3ncc4ccnc(N=[N+]=[N-])c43)CC2)ccc1Cl.NN.NNc1nccc2cn[nH]c12.O=Cc1ccnc(Cl)c1F.[N-]=[N+]=Nc1nccc2cn[nH]c12. The van der Waals surface area contributed by atoms with Crippen LogP contribution in [-0.4, -0.2) is 223 Å². The standard InChI is InChI=1S/C19H19ClN8O2.C19H21ClN6O2.C13H16Cl2N2O2.C6H3ClFNO.C6H4N6.C6H7N5.C4H8O.H4N2/c1-30-16-10-14(2-3-15(16)20)26-6-8-27(9-7-26)17(29)12-28-18-13(11-23-28)4-5-22-19(18)24-25-21;1-28-16-10-14(2-3-15(16)20)24-6-8-25(9-7-24)17(27)12-26-18-13(11-23-26)4-5-22-19(18)21;1-19-12-8-10(2-3-11(12)15)16-4-6-17(7-5-16)13(18)9-14;7-6-5(8)4(3-10)1-2-9-6;7-12-11-6-5-4(1-2-8-6)3-9-10-5;7-10-6-5-4(1-2-8-6)3-9-11-5;1-2-4-5-3-1;1-2/h2-5,10-11H,6-9,12H2,1H3;2-5,10-11H,6-9,12H2,1H3,(H2,21,22);2-3,8H,4-7,9H2,1H3;1-3H;1-3H,(H,9,10);1-3H,7H2,(H,8,10)(H,9,11);1-4H2;1-2H2. The zero-order valence-corrected chi connectivity index (χ0v) is 67.2. The molecule has 117 heavy (non-hydrogen) atoms. The van der Waals surface area contributed by atoms with Crippen LogP contribution >= 0.6 is 58.0 Å². The number of nitrogen functional groups attached to an aromatic ring is 2. The number of halogens is 6. The van der Waals surface area contributed by atoms with Crippen LogP contribution in [0.5, 0.6) is 17.2 Å². The fourth-order valence-electron chi connectivity index (χ4n) is 12.1. The molecule has 0 spiro atoms. The molecule has 0 aliphatic carbocycles. The number of aromatic amines is 2. The lowest BCUT2D eigenvalue weighted by Gasteiger charge is -2.36. The molecular weight excluding hydrogens is 1620 g/mol. The van der Waals surface area contributed by atoms with Gasteiger partial charge in [-0.2, -0.15) is 20.4 Å². The summed E-state index contributed by atoms with van der Waals surface area (Å²) < 4.78 is 36.5. The van der Waals surface area contributed by atoms with E-state index in [1.807, 2.05) is 71.6 Å². The summed E-state index contributed by atoms with van der Waals surface area (Å²) in [7, 11) is 4.79. The van der Waals surface area contributed by atoms with Gasteiger partial charge in [-0.05, 0) is 101 Å². The van der Waals surface area contributed by atoms with Gasteiger partial charge >= 0.3 is 0 Å². The van der Waals surface area contributed by atoms with Crippen molar-refractivity contribution in [3.63, 3.8) is 0 Å². The number of anilines is 5. The topological polar surface area (TPSA) is 496 Å². The Morgan fingerprint density at radius 3 is 1.40 bits per heavy atom. The number of piperazine rings is 3. The Morgan fingerprint density at radius 1 is 0.556 bits per heavy atom. The Balaban J connectivity index is 0.000000164. The Morgan fingerprint density at radius 2 is 0.966 bits per heavy atom. The summed E-state index contributed by atoms with van der Waals surface area (Å²) in [6.45, 7) is 10.5. The Kier molecular flexibility index (Phi) is 34.1. The van der Waals surface area contributed by atoms with Crippen LogP contribution < -0.4 is 57.6 Å². The number of nitrogens with one attached hydrogen (secondary N) is 3. The molecule has 0 unspecified atom stereocenters. The maximum Gasteiger partial charge on any atom is 0.244 e. The highest BCUT2D eigenvalue weighted by atomic mass is 35.5. The number of aldehydes is 1. The molecule has 0 atom stereocenters. The van der Waals surface area contributed by atoms with Gasteiger partial charge in [0.05, 0.1) is 77.8 Å². The van der Waals surface area contributed by atoms with Gasteiger partial charge in [-0.3, -0.25) is 60.4 Å². The largest absolute Gasteiger partial charge is 0.495 e. The van der Waals surface area contributed by atoms with Crippen molar-refractivity contribution in [2.75, 3.05) is 145 Å². The molecule has 3 amide bonds. The molecule has 4 fully saturated rings. The molecule has 16 rings (SSSR count). The number of nitrogens with two attached hydrogens (primary N) is 4. The van der Waals surface area contributed by atoms with Crippen LogP contribution in [0.2, 0.25) is 20.2 Å². The van der Waals surface area contributed by atoms with Gasteiger partial charge in [0.1, 0.15) is 53.1 Å². The van der Waals surface area contributed by atoms with Gasteiger partial charge in [-0.15, -0.1) is 11.6 Å². The molecule has 4 saturated heterocycles. The van der Waals surface area contributed by atoms with Crippen molar-refractivity contribution in [2.45, 2.75) is 25.9 Å². The van der Waals surface area contributed by atoms with Crippen LogP contribution in [0.4, 0.5) is 44.7 Å². The molecule has 3 aromatic carbocycles. The number of rotatable bonds is 15. The normalized spacial score (nSPS) is 13.4. The van der Waals surface area contributed by atoms with E-state index in [-0.39, 0.29) is 53.2 Å². The second-order valence-electron chi connectivity index (χ2n) is 24.9. The van der Waals surface area contributed by atoms with Crippen molar-refractivity contribution in [2.24, 2.45) is 27.8 Å². The summed E-state index contributed by atoms with van der Waals surface area (Å²) in [4.78, 5) is 84.1. The lowest BCUT2D eigenvalue weighted by atomic mass is 10.2. The van der Waals surface area contributed by atoms with Crippen molar-refractivity contribution in [3.05, 3.63) is 193 Å². The first-order valence-corrected chi connectivity index (χ1v) is 37.8. The number of nitrogens with zero attached hydrogens (tertiary/aromatic N) is 23. The lowest BCUT2D eigenvalue weighted by molar-refractivity contribution is -0.133. The molecule has 11 N–H and O–H groups in total. The molecule has 13 heterocycles. The molecule has 38 nitrogen and oxygen atoms in total. The number of pyridine rings is 5. The van der Waals surface area contributed by atoms with E-state index < -0.39 is 5.82 Å². The quantitative estimate of drug-likeness (QED) is 0.00732. The second-order valence-corrected chi connectivity index (χ2v) is 26.8. The maximum atomic E-state index is 12.9. The van der Waals surface area contributed by atoms with Gasteiger partial charge in [-0.25, -0.2) is 25.2 Å². The lowest BCUT2D eigenvalue weighted by Crippen LogP contribution is -2.49. The number of methoxy groups -OCH3 is 3. The Labute approximate surface area is 693 Å². The summed E-state index contributed by atoms with van der Waals surface area (Å²) in [5.74, 6) is 15.9. The predicted molar refractivity (Wildman–Crippen MR) is 447 cm³/mol. The number of amides is 3. The minimum atomic E-state index is -0.765. The number of fused-ring (bicyclic) bond motifs is 4. The molecule has 9 aromatic heterocycles. The minimum absolute atomic E-state index is 0.00463. The minimum Gasteiger partial charge on any atom is -0.495 e. The smallest absolute Gasteiger partial charge is 0.244 e.